The lowest BCUT2D eigenvalue weighted by molar-refractivity contribution is 0.146. The molecule has 2 rings (SSSR count). The van der Waals surface area contributed by atoms with Crippen molar-refractivity contribution in [1.82, 2.24) is 10.6 Å². The van der Waals surface area contributed by atoms with E-state index in [0.717, 1.165) is 28.6 Å². The fraction of sp³-hybridized carbons (Fsp3) is 0.350. The third-order valence-corrected chi connectivity index (χ3v) is 3.73. The first-order valence-corrected chi connectivity index (χ1v) is 8.53. The maximum Gasteiger partial charge on any atom is 0.191 e. The molecule has 0 aliphatic carbocycles. The Morgan fingerprint density at radius 2 is 1.50 bits per heavy atom. The first-order valence-electron chi connectivity index (χ1n) is 8.53. The molecular formula is C20H27N3O3. The summed E-state index contributed by atoms with van der Waals surface area (Å²) in [5.74, 6) is 2.41. The maximum atomic E-state index is 5.64. The summed E-state index contributed by atoms with van der Waals surface area (Å²) in [4.78, 5) is 4.26. The van der Waals surface area contributed by atoms with Crippen molar-refractivity contribution >= 4 is 5.96 Å². The predicted octanol–water partition coefficient (Wildman–Crippen LogP) is 2.59. The van der Waals surface area contributed by atoms with Crippen LogP contribution in [0.25, 0.3) is 0 Å². The number of hydrogen-bond acceptors (Lipinski definition) is 4. The summed E-state index contributed by atoms with van der Waals surface area (Å²) < 4.78 is 15.9. The average Bonchev–Trinajstić information content (AvgIpc) is 2.69. The van der Waals surface area contributed by atoms with Gasteiger partial charge in [-0.3, -0.25) is 4.99 Å². The first-order chi connectivity index (χ1) is 12.7. The van der Waals surface area contributed by atoms with E-state index in [0.29, 0.717) is 26.3 Å². The van der Waals surface area contributed by atoms with Gasteiger partial charge in [0.15, 0.2) is 5.96 Å². The van der Waals surface area contributed by atoms with Crippen molar-refractivity contribution in [3.63, 3.8) is 0 Å². The summed E-state index contributed by atoms with van der Waals surface area (Å²) >= 11 is 0. The zero-order valence-electron chi connectivity index (χ0n) is 15.6. The molecule has 0 unspecified atom stereocenters. The molecule has 0 saturated heterocycles. The molecular weight excluding hydrogens is 330 g/mol. The monoisotopic (exact) mass is 357 g/mol. The van der Waals surface area contributed by atoms with Crippen molar-refractivity contribution in [2.75, 3.05) is 34.5 Å². The second kappa shape index (κ2) is 11.0. The van der Waals surface area contributed by atoms with Crippen molar-refractivity contribution in [1.29, 1.82) is 0 Å². The minimum absolute atomic E-state index is 0.539. The summed E-state index contributed by atoms with van der Waals surface area (Å²) in [7, 11) is 5.08. The lowest BCUT2D eigenvalue weighted by Gasteiger charge is -2.13. The summed E-state index contributed by atoms with van der Waals surface area (Å²) in [6.07, 6.45) is 0. The third-order valence-electron chi connectivity index (χ3n) is 3.73. The number of guanidine groups is 1. The number of rotatable bonds is 9. The Hall–Kier alpha value is -2.73. The van der Waals surface area contributed by atoms with Gasteiger partial charge in [-0.2, -0.15) is 0 Å². The Balaban J connectivity index is 1.83. The molecule has 140 valence electrons. The van der Waals surface area contributed by atoms with Crippen LogP contribution in [0, 0.1) is 0 Å². The molecule has 26 heavy (non-hydrogen) atoms. The van der Waals surface area contributed by atoms with Crippen molar-refractivity contribution in [3.05, 3.63) is 59.7 Å². The molecule has 2 aromatic rings. The highest BCUT2D eigenvalue weighted by Crippen LogP contribution is 2.13. The van der Waals surface area contributed by atoms with E-state index in [9.17, 15) is 0 Å². The number of methoxy groups -OCH3 is 2. The molecule has 2 aromatic carbocycles. The summed E-state index contributed by atoms with van der Waals surface area (Å²) in [6.45, 7) is 2.43. The van der Waals surface area contributed by atoms with Crippen LogP contribution in [0.1, 0.15) is 11.1 Å². The largest absolute Gasteiger partial charge is 0.497 e. The fourth-order valence-corrected chi connectivity index (χ4v) is 2.36. The van der Waals surface area contributed by atoms with Gasteiger partial charge >= 0.3 is 0 Å². The zero-order valence-corrected chi connectivity index (χ0v) is 15.6. The minimum atomic E-state index is 0.539. The average molecular weight is 357 g/mol. The number of aliphatic imine (C=N–C) groups is 1. The molecule has 0 aliphatic heterocycles. The Kier molecular flexibility index (Phi) is 8.29. The maximum absolute atomic E-state index is 5.64. The van der Waals surface area contributed by atoms with E-state index >= 15 is 0 Å². The van der Waals surface area contributed by atoms with Crippen LogP contribution in [0.4, 0.5) is 0 Å². The molecule has 0 aliphatic rings. The van der Waals surface area contributed by atoms with Crippen molar-refractivity contribution in [3.8, 4) is 11.5 Å². The van der Waals surface area contributed by atoms with Gasteiger partial charge in [-0.05, 0) is 35.4 Å². The van der Waals surface area contributed by atoms with Crippen LogP contribution in [-0.2, 0) is 17.8 Å². The quantitative estimate of drug-likeness (QED) is 0.410. The second-order valence-electron chi connectivity index (χ2n) is 5.62. The van der Waals surface area contributed by atoms with E-state index in [-0.39, 0.29) is 0 Å². The van der Waals surface area contributed by atoms with Gasteiger partial charge in [-0.15, -0.1) is 0 Å². The smallest absolute Gasteiger partial charge is 0.191 e. The Labute approximate surface area is 155 Å². The fourth-order valence-electron chi connectivity index (χ4n) is 2.36. The van der Waals surface area contributed by atoms with Gasteiger partial charge in [0, 0.05) is 27.2 Å². The van der Waals surface area contributed by atoms with Crippen molar-refractivity contribution in [2.24, 2.45) is 4.99 Å². The number of ether oxygens (including phenoxy) is 3. The van der Waals surface area contributed by atoms with Crippen LogP contribution < -0.4 is 20.1 Å². The van der Waals surface area contributed by atoms with Crippen LogP contribution in [0.5, 0.6) is 11.5 Å². The van der Waals surface area contributed by atoms with Crippen LogP contribution in [0.15, 0.2) is 53.5 Å². The number of hydrogen-bond donors (Lipinski definition) is 2. The normalized spacial score (nSPS) is 11.1. The molecule has 0 bridgehead atoms. The Morgan fingerprint density at radius 3 is 2.08 bits per heavy atom. The van der Waals surface area contributed by atoms with E-state index in [1.165, 1.54) is 0 Å². The highest BCUT2D eigenvalue weighted by atomic mass is 16.5. The van der Waals surface area contributed by atoms with E-state index in [1.54, 1.807) is 21.3 Å². The zero-order chi connectivity index (χ0) is 18.6. The topological polar surface area (TPSA) is 64.1 Å². The number of nitrogens with zero attached hydrogens (tertiary/aromatic N) is 1. The molecule has 6 heteroatoms. The van der Waals surface area contributed by atoms with Crippen molar-refractivity contribution < 1.29 is 14.2 Å². The second-order valence-corrected chi connectivity index (χ2v) is 5.62. The van der Waals surface area contributed by atoms with Gasteiger partial charge in [-0.1, -0.05) is 24.3 Å². The molecule has 0 atom stereocenters. The van der Waals surface area contributed by atoms with E-state index in [4.69, 9.17) is 14.2 Å². The van der Waals surface area contributed by atoms with Gasteiger partial charge in [0.2, 0.25) is 0 Å². The first kappa shape index (κ1) is 19.6. The van der Waals surface area contributed by atoms with Gasteiger partial charge in [0.1, 0.15) is 18.1 Å². The van der Waals surface area contributed by atoms with Crippen LogP contribution in [0.3, 0.4) is 0 Å². The molecule has 6 nitrogen and oxygen atoms in total. The Bertz CT molecular complexity index is 704. The molecule has 0 amide bonds. The summed E-state index contributed by atoms with van der Waals surface area (Å²) in [5.41, 5.74) is 2.24. The van der Waals surface area contributed by atoms with E-state index < -0.39 is 0 Å². The molecule has 0 spiro atoms. The van der Waals surface area contributed by atoms with E-state index in [1.807, 2.05) is 48.5 Å². The number of benzene rings is 2. The third kappa shape index (κ3) is 6.64. The van der Waals surface area contributed by atoms with Gasteiger partial charge in [-0.25, -0.2) is 0 Å². The van der Waals surface area contributed by atoms with Gasteiger partial charge in [0.25, 0.3) is 0 Å². The molecule has 2 N–H and O–H groups in total. The molecule has 0 heterocycles. The van der Waals surface area contributed by atoms with Crippen molar-refractivity contribution in [2.45, 2.75) is 13.1 Å². The standard InChI is InChI=1S/C20H27N3O3/c1-21-20(22-14-16-6-4-8-18(12-16)25-3)23-15-17-7-5-9-19(13-17)26-11-10-24-2/h4-9,12-13H,10-11,14-15H2,1-3H3,(H2,21,22,23). The molecule has 0 aromatic heterocycles. The highest BCUT2D eigenvalue weighted by Gasteiger charge is 2.02. The molecule has 0 fully saturated rings. The summed E-state index contributed by atoms with van der Waals surface area (Å²) in [5, 5.41) is 6.61. The lowest BCUT2D eigenvalue weighted by Crippen LogP contribution is -2.36. The van der Waals surface area contributed by atoms with Gasteiger partial charge < -0.3 is 24.8 Å². The predicted molar refractivity (Wildman–Crippen MR) is 104 cm³/mol. The Morgan fingerprint density at radius 1 is 0.885 bits per heavy atom. The SMILES string of the molecule is CN=C(NCc1cccc(OC)c1)NCc1cccc(OCCOC)c1. The minimum Gasteiger partial charge on any atom is -0.497 e. The number of nitrogens with one attached hydrogen (secondary N) is 2. The van der Waals surface area contributed by atoms with Crippen LogP contribution in [0.2, 0.25) is 0 Å². The van der Waals surface area contributed by atoms with Gasteiger partial charge in [0.05, 0.1) is 13.7 Å². The highest BCUT2D eigenvalue weighted by molar-refractivity contribution is 5.79. The van der Waals surface area contributed by atoms with Crippen LogP contribution in [-0.4, -0.2) is 40.4 Å². The van der Waals surface area contributed by atoms with Crippen LogP contribution >= 0.6 is 0 Å². The molecule has 0 saturated carbocycles. The van der Waals surface area contributed by atoms with E-state index in [2.05, 4.69) is 15.6 Å². The lowest BCUT2D eigenvalue weighted by atomic mass is 10.2. The molecule has 0 radical (unpaired) electrons. The summed E-state index contributed by atoms with van der Waals surface area (Å²) in [6, 6.07) is 15.9.